The van der Waals surface area contributed by atoms with E-state index in [0.29, 0.717) is 12.4 Å². The molecule has 2 N–H and O–H groups in total. The van der Waals surface area contributed by atoms with Crippen molar-refractivity contribution >= 4 is 32.7 Å². The molecular weight excluding hydrogens is 316 g/mol. The van der Waals surface area contributed by atoms with Crippen molar-refractivity contribution in [2.24, 2.45) is 0 Å². The van der Waals surface area contributed by atoms with Gasteiger partial charge in [-0.05, 0) is 53.5 Å². The Bertz CT molecular complexity index is 792. The van der Waals surface area contributed by atoms with Crippen molar-refractivity contribution in [2.75, 3.05) is 5.73 Å². The summed E-state index contributed by atoms with van der Waals surface area (Å²) in [7, 11) is 0. The number of hydrogen-bond donors (Lipinski definition) is 1. The van der Waals surface area contributed by atoms with Crippen LogP contribution in [0.25, 0.3) is 10.9 Å². The lowest BCUT2D eigenvalue weighted by atomic mass is 10.1. The highest BCUT2D eigenvalue weighted by atomic mass is 79.9. The molecule has 20 heavy (non-hydrogen) atoms. The highest BCUT2D eigenvalue weighted by molar-refractivity contribution is 9.10. The number of anilines is 1. The number of halogens is 1. The average molecular weight is 331 g/mol. The lowest BCUT2D eigenvalue weighted by molar-refractivity contribution is 0.690. The predicted octanol–water partition coefficient (Wildman–Crippen LogP) is 3.44. The van der Waals surface area contributed by atoms with Crippen LogP contribution in [-0.4, -0.2) is 14.8 Å². The second-order valence-corrected chi connectivity index (χ2v) is 5.71. The number of aryl methyl sites for hydroxylation is 2. The lowest BCUT2D eigenvalue weighted by Gasteiger charge is -2.06. The molecule has 2 heterocycles. The molecule has 0 aliphatic carbocycles. The van der Waals surface area contributed by atoms with Crippen molar-refractivity contribution in [2.45, 2.75) is 20.4 Å². The number of nitrogen functional groups attached to an aromatic ring is 1. The van der Waals surface area contributed by atoms with E-state index in [4.69, 9.17) is 5.73 Å². The summed E-state index contributed by atoms with van der Waals surface area (Å²) in [6.45, 7) is 4.59. The summed E-state index contributed by atoms with van der Waals surface area (Å²) in [4.78, 5) is 4.50. The molecule has 0 bridgehead atoms. The summed E-state index contributed by atoms with van der Waals surface area (Å²) in [5.41, 5.74) is 10.1. The van der Waals surface area contributed by atoms with Crippen LogP contribution in [0.4, 0.5) is 5.82 Å². The van der Waals surface area contributed by atoms with E-state index in [-0.39, 0.29) is 0 Å². The van der Waals surface area contributed by atoms with E-state index in [0.717, 1.165) is 32.3 Å². The number of rotatable bonds is 2. The quantitative estimate of drug-likeness (QED) is 0.783. The largest absolute Gasteiger partial charge is 0.383 e. The van der Waals surface area contributed by atoms with Crippen LogP contribution in [0, 0.1) is 13.8 Å². The number of hydrogen-bond acceptors (Lipinski definition) is 3. The number of nitrogens with two attached hydrogens (primary N) is 1. The molecule has 1 aromatic carbocycles. The molecule has 0 saturated heterocycles. The van der Waals surface area contributed by atoms with Crippen molar-refractivity contribution in [1.82, 2.24) is 14.8 Å². The van der Waals surface area contributed by atoms with E-state index in [1.807, 2.05) is 30.7 Å². The Hall–Kier alpha value is -1.88. The van der Waals surface area contributed by atoms with Crippen LogP contribution in [0.1, 0.15) is 17.0 Å². The number of nitrogens with zero attached hydrogens (tertiary/aromatic N) is 3. The highest BCUT2D eigenvalue weighted by Gasteiger charge is 2.10. The molecule has 3 rings (SSSR count). The standard InChI is InChI=1S/C15H15BrN4/c1-9-3-5-12-7-11(4-6-13(12)18-9)8-20-15(17)14(16)10(2)19-20/h3-7H,8,17H2,1-2H3. The predicted molar refractivity (Wildman–Crippen MR) is 84.7 cm³/mol. The Morgan fingerprint density at radius 1 is 1.20 bits per heavy atom. The van der Waals surface area contributed by atoms with Gasteiger partial charge in [-0.15, -0.1) is 0 Å². The van der Waals surface area contributed by atoms with Gasteiger partial charge in [-0.3, -0.25) is 4.98 Å². The summed E-state index contributed by atoms with van der Waals surface area (Å²) < 4.78 is 2.68. The SMILES string of the molecule is Cc1ccc2cc(Cn3nc(C)c(Br)c3N)ccc2n1. The minimum atomic E-state index is 0.655. The molecule has 0 radical (unpaired) electrons. The minimum Gasteiger partial charge on any atom is -0.383 e. The lowest BCUT2D eigenvalue weighted by Crippen LogP contribution is -2.06. The fourth-order valence-electron chi connectivity index (χ4n) is 2.25. The third-order valence-electron chi connectivity index (χ3n) is 3.32. The molecule has 102 valence electrons. The van der Waals surface area contributed by atoms with E-state index >= 15 is 0 Å². The van der Waals surface area contributed by atoms with Crippen molar-refractivity contribution in [3.8, 4) is 0 Å². The zero-order chi connectivity index (χ0) is 14.3. The van der Waals surface area contributed by atoms with Crippen LogP contribution in [0.3, 0.4) is 0 Å². The van der Waals surface area contributed by atoms with E-state index in [9.17, 15) is 0 Å². The van der Waals surface area contributed by atoms with E-state index < -0.39 is 0 Å². The molecule has 0 aliphatic heterocycles. The van der Waals surface area contributed by atoms with Gasteiger partial charge in [-0.2, -0.15) is 5.10 Å². The molecule has 0 atom stereocenters. The van der Waals surface area contributed by atoms with Gasteiger partial charge in [0.25, 0.3) is 0 Å². The fourth-order valence-corrected chi connectivity index (χ4v) is 2.53. The molecule has 0 aliphatic rings. The Balaban J connectivity index is 1.98. The minimum absolute atomic E-state index is 0.655. The summed E-state index contributed by atoms with van der Waals surface area (Å²) in [6.07, 6.45) is 0. The van der Waals surface area contributed by atoms with Gasteiger partial charge in [0.15, 0.2) is 0 Å². The van der Waals surface area contributed by atoms with Crippen LogP contribution in [0.15, 0.2) is 34.8 Å². The van der Waals surface area contributed by atoms with Crippen LogP contribution in [0.5, 0.6) is 0 Å². The first-order valence-corrected chi connectivity index (χ1v) is 7.18. The first-order valence-electron chi connectivity index (χ1n) is 6.39. The zero-order valence-electron chi connectivity index (χ0n) is 11.4. The number of aromatic nitrogens is 3. The molecular formula is C15H15BrN4. The monoisotopic (exact) mass is 330 g/mol. The summed E-state index contributed by atoms with van der Waals surface area (Å²) >= 11 is 3.44. The van der Waals surface area contributed by atoms with Gasteiger partial charge in [0.2, 0.25) is 0 Å². The topological polar surface area (TPSA) is 56.7 Å². The maximum Gasteiger partial charge on any atom is 0.136 e. The fraction of sp³-hybridized carbons (Fsp3) is 0.200. The number of pyridine rings is 1. The Labute approximate surface area is 125 Å². The maximum atomic E-state index is 6.03. The molecule has 0 unspecified atom stereocenters. The zero-order valence-corrected chi connectivity index (χ0v) is 13.0. The smallest absolute Gasteiger partial charge is 0.136 e. The Morgan fingerprint density at radius 3 is 2.70 bits per heavy atom. The molecule has 0 saturated carbocycles. The molecule has 0 amide bonds. The van der Waals surface area contributed by atoms with Crippen LogP contribution in [0.2, 0.25) is 0 Å². The number of benzene rings is 1. The Morgan fingerprint density at radius 2 is 2.00 bits per heavy atom. The van der Waals surface area contributed by atoms with Gasteiger partial charge in [0.05, 0.1) is 22.2 Å². The van der Waals surface area contributed by atoms with Gasteiger partial charge >= 0.3 is 0 Å². The Kier molecular flexibility index (Phi) is 3.22. The van der Waals surface area contributed by atoms with Gasteiger partial charge in [-0.25, -0.2) is 4.68 Å². The van der Waals surface area contributed by atoms with Crippen LogP contribution in [-0.2, 0) is 6.54 Å². The number of fused-ring (bicyclic) bond motifs is 1. The van der Waals surface area contributed by atoms with E-state index in [1.165, 1.54) is 0 Å². The summed E-state index contributed by atoms with van der Waals surface area (Å²) in [5.74, 6) is 0.657. The van der Waals surface area contributed by atoms with Crippen molar-refractivity contribution < 1.29 is 0 Å². The normalized spacial score (nSPS) is 11.2. The van der Waals surface area contributed by atoms with Crippen molar-refractivity contribution in [3.63, 3.8) is 0 Å². The molecule has 0 fully saturated rings. The summed E-state index contributed by atoms with van der Waals surface area (Å²) in [6, 6.07) is 10.4. The van der Waals surface area contributed by atoms with Gasteiger partial charge in [-0.1, -0.05) is 12.1 Å². The molecule has 2 aromatic heterocycles. The maximum absolute atomic E-state index is 6.03. The summed E-state index contributed by atoms with van der Waals surface area (Å²) in [5, 5.41) is 5.56. The van der Waals surface area contributed by atoms with Gasteiger partial charge < -0.3 is 5.73 Å². The third-order valence-corrected chi connectivity index (χ3v) is 4.30. The highest BCUT2D eigenvalue weighted by Crippen LogP contribution is 2.24. The average Bonchev–Trinajstić information content (AvgIpc) is 2.66. The third kappa shape index (κ3) is 2.29. The molecule has 0 spiro atoms. The first kappa shape index (κ1) is 13.1. The second kappa shape index (κ2) is 4.90. The van der Waals surface area contributed by atoms with E-state index in [2.05, 4.69) is 44.2 Å². The van der Waals surface area contributed by atoms with Gasteiger partial charge in [0.1, 0.15) is 5.82 Å². The first-order chi connectivity index (χ1) is 9.54. The van der Waals surface area contributed by atoms with Gasteiger partial charge in [0, 0.05) is 11.1 Å². The van der Waals surface area contributed by atoms with Crippen molar-refractivity contribution in [3.05, 3.63) is 51.8 Å². The molecule has 5 heteroatoms. The molecule has 4 nitrogen and oxygen atoms in total. The van der Waals surface area contributed by atoms with Crippen LogP contribution >= 0.6 is 15.9 Å². The second-order valence-electron chi connectivity index (χ2n) is 4.92. The molecule has 3 aromatic rings. The van der Waals surface area contributed by atoms with Crippen molar-refractivity contribution in [1.29, 1.82) is 0 Å². The van der Waals surface area contributed by atoms with Crippen LogP contribution < -0.4 is 5.73 Å². The van der Waals surface area contributed by atoms with E-state index in [1.54, 1.807) is 0 Å².